The lowest BCUT2D eigenvalue weighted by Gasteiger charge is -2.16. The maximum absolute atomic E-state index is 12.6. The second-order valence-corrected chi connectivity index (χ2v) is 5.42. The van der Waals surface area contributed by atoms with Crippen LogP contribution in [0.25, 0.3) is 0 Å². The zero-order chi connectivity index (χ0) is 17.8. The molecule has 0 fully saturated rings. The normalized spacial score (nSPS) is 11.8. The number of ether oxygens (including phenoxy) is 1. The molecule has 2 aromatic heterocycles. The highest BCUT2D eigenvalue weighted by Gasteiger charge is 2.27. The standard InChI is InChI=1S/C18H16N2O5/c1-11-8-9-14(23-11)18(22)24-16(13-6-4-3-5-7-13)17(21)19-15-10-12(2)25-20-15/h3-10,16H,1-2H3,(H,19,20,21)/t16-/m0/s1. The van der Waals surface area contributed by atoms with Gasteiger partial charge < -0.3 is 19.0 Å². The van der Waals surface area contributed by atoms with Gasteiger partial charge in [-0.25, -0.2) is 4.79 Å². The minimum absolute atomic E-state index is 0.0310. The Kier molecular flexibility index (Phi) is 4.65. The summed E-state index contributed by atoms with van der Waals surface area (Å²) in [5, 5.41) is 6.28. The number of furan rings is 1. The van der Waals surface area contributed by atoms with Crippen molar-refractivity contribution in [3.05, 3.63) is 71.4 Å². The molecule has 25 heavy (non-hydrogen) atoms. The Morgan fingerprint density at radius 3 is 2.44 bits per heavy atom. The van der Waals surface area contributed by atoms with Crippen molar-refractivity contribution in [2.75, 3.05) is 5.32 Å². The summed E-state index contributed by atoms with van der Waals surface area (Å²) < 4.78 is 15.5. The van der Waals surface area contributed by atoms with Crippen LogP contribution in [-0.4, -0.2) is 17.0 Å². The minimum Gasteiger partial charge on any atom is -0.454 e. The van der Waals surface area contributed by atoms with Crippen LogP contribution in [0.4, 0.5) is 5.82 Å². The molecule has 0 radical (unpaired) electrons. The lowest BCUT2D eigenvalue weighted by atomic mass is 10.1. The second-order valence-electron chi connectivity index (χ2n) is 5.42. The molecular weight excluding hydrogens is 324 g/mol. The van der Waals surface area contributed by atoms with Gasteiger partial charge in [0.15, 0.2) is 5.82 Å². The monoisotopic (exact) mass is 340 g/mol. The summed E-state index contributed by atoms with van der Waals surface area (Å²) in [6.45, 7) is 3.42. The minimum atomic E-state index is -1.16. The number of aromatic nitrogens is 1. The number of hydrogen-bond donors (Lipinski definition) is 1. The van der Waals surface area contributed by atoms with E-state index in [9.17, 15) is 9.59 Å². The van der Waals surface area contributed by atoms with Crippen LogP contribution >= 0.6 is 0 Å². The molecule has 1 N–H and O–H groups in total. The highest BCUT2D eigenvalue weighted by atomic mass is 16.6. The van der Waals surface area contributed by atoms with Gasteiger partial charge in [-0.2, -0.15) is 0 Å². The highest BCUT2D eigenvalue weighted by Crippen LogP contribution is 2.22. The third kappa shape index (κ3) is 3.95. The quantitative estimate of drug-likeness (QED) is 0.715. The molecule has 0 aliphatic rings. The first-order valence-electron chi connectivity index (χ1n) is 7.59. The zero-order valence-corrected chi connectivity index (χ0v) is 13.7. The number of rotatable bonds is 5. The van der Waals surface area contributed by atoms with Crippen LogP contribution in [0.15, 0.2) is 57.5 Å². The SMILES string of the molecule is Cc1cc(NC(=O)[C@@H](OC(=O)c2ccc(C)o2)c2ccccc2)no1. The number of aryl methyl sites for hydroxylation is 2. The van der Waals surface area contributed by atoms with Gasteiger partial charge in [0.25, 0.3) is 5.91 Å². The second kappa shape index (κ2) is 7.04. The largest absolute Gasteiger partial charge is 0.454 e. The predicted molar refractivity (Wildman–Crippen MR) is 87.9 cm³/mol. The Labute approximate surface area is 143 Å². The van der Waals surface area contributed by atoms with Gasteiger partial charge in [0, 0.05) is 11.6 Å². The van der Waals surface area contributed by atoms with E-state index in [4.69, 9.17) is 13.7 Å². The highest BCUT2D eigenvalue weighted by molar-refractivity contribution is 5.96. The number of carbonyl (C=O) groups excluding carboxylic acids is 2. The Morgan fingerprint density at radius 1 is 1.08 bits per heavy atom. The molecule has 0 spiro atoms. The van der Waals surface area contributed by atoms with E-state index in [0.717, 1.165) is 0 Å². The van der Waals surface area contributed by atoms with Crippen molar-refractivity contribution in [3.63, 3.8) is 0 Å². The molecule has 3 rings (SSSR count). The molecule has 1 amide bonds. The Balaban J connectivity index is 1.82. The van der Waals surface area contributed by atoms with Gasteiger partial charge in [0.2, 0.25) is 11.9 Å². The van der Waals surface area contributed by atoms with Crippen LogP contribution in [0.3, 0.4) is 0 Å². The molecule has 1 atom stereocenters. The summed E-state index contributed by atoms with van der Waals surface area (Å²) in [5.74, 6) is 0.127. The van der Waals surface area contributed by atoms with E-state index in [-0.39, 0.29) is 11.6 Å². The number of anilines is 1. The van der Waals surface area contributed by atoms with Crippen molar-refractivity contribution < 1.29 is 23.3 Å². The third-order valence-corrected chi connectivity index (χ3v) is 3.39. The summed E-state index contributed by atoms with van der Waals surface area (Å²) in [6, 6.07) is 13.4. The third-order valence-electron chi connectivity index (χ3n) is 3.39. The van der Waals surface area contributed by atoms with Gasteiger partial charge in [-0.3, -0.25) is 4.79 Å². The fourth-order valence-corrected chi connectivity index (χ4v) is 2.23. The molecule has 3 aromatic rings. The van der Waals surface area contributed by atoms with E-state index in [0.29, 0.717) is 17.1 Å². The van der Waals surface area contributed by atoms with Crippen LogP contribution in [0, 0.1) is 13.8 Å². The summed E-state index contributed by atoms with van der Waals surface area (Å²) in [4.78, 5) is 24.9. The summed E-state index contributed by atoms with van der Waals surface area (Å²) >= 11 is 0. The predicted octanol–water partition coefficient (Wildman–Crippen LogP) is 3.42. The molecule has 128 valence electrons. The number of carbonyl (C=O) groups is 2. The van der Waals surface area contributed by atoms with Gasteiger partial charge in [-0.1, -0.05) is 35.5 Å². The number of nitrogens with zero attached hydrogens (tertiary/aromatic N) is 1. The molecule has 1 aromatic carbocycles. The number of nitrogens with one attached hydrogen (secondary N) is 1. The molecule has 0 saturated carbocycles. The van der Waals surface area contributed by atoms with E-state index < -0.39 is 18.0 Å². The average Bonchev–Trinajstić information content (AvgIpc) is 3.21. The van der Waals surface area contributed by atoms with Crippen molar-refractivity contribution in [3.8, 4) is 0 Å². The topological polar surface area (TPSA) is 94.6 Å². The van der Waals surface area contributed by atoms with Crippen molar-refractivity contribution >= 4 is 17.7 Å². The van der Waals surface area contributed by atoms with Gasteiger partial charge >= 0.3 is 5.97 Å². The van der Waals surface area contributed by atoms with Gasteiger partial charge in [-0.05, 0) is 26.0 Å². The van der Waals surface area contributed by atoms with Crippen molar-refractivity contribution in [1.82, 2.24) is 5.16 Å². The van der Waals surface area contributed by atoms with Gasteiger partial charge in [-0.15, -0.1) is 0 Å². The van der Waals surface area contributed by atoms with Crippen LogP contribution in [0.2, 0.25) is 0 Å². The van der Waals surface area contributed by atoms with Crippen LogP contribution < -0.4 is 5.32 Å². The van der Waals surface area contributed by atoms with Crippen LogP contribution in [0.5, 0.6) is 0 Å². The van der Waals surface area contributed by atoms with E-state index in [1.165, 1.54) is 6.07 Å². The van der Waals surface area contributed by atoms with Gasteiger partial charge in [0.05, 0.1) is 0 Å². The van der Waals surface area contributed by atoms with E-state index in [1.54, 1.807) is 56.3 Å². The Bertz CT molecular complexity index is 882. The van der Waals surface area contributed by atoms with Crippen LogP contribution in [-0.2, 0) is 9.53 Å². The number of hydrogen-bond acceptors (Lipinski definition) is 6. The molecular formula is C18H16N2O5. The molecule has 0 aliphatic carbocycles. The molecule has 7 nitrogen and oxygen atoms in total. The lowest BCUT2D eigenvalue weighted by molar-refractivity contribution is -0.125. The number of benzene rings is 1. The summed E-state index contributed by atoms with van der Waals surface area (Å²) in [7, 11) is 0. The Hall–Kier alpha value is -3.35. The molecule has 0 unspecified atom stereocenters. The van der Waals surface area contributed by atoms with Gasteiger partial charge in [0.1, 0.15) is 11.5 Å². The van der Waals surface area contributed by atoms with E-state index >= 15 is 0 Å². The molecule has 0 saturated heterocycles. The fraction of sp³-hybridized carbons (Fsp3) is 0.167. The van der Waals surface area contributed by atoms with Crippen molar-refractivity contribution in [2.24, 2.45) is 0 Å². The smallest absolute Gasteiger partial charge is 0.375 e. The lowest BCUT2D eigenvalue weighted by Crippen LogP contribution is -2.26. The zero-order valence-electron chi connectivity index (χ0n) is 13.7. The first-order chi connectivity index (χ1) is 12.0. The fourth-order valence-electron chi connectivity index (χ4n) is 2.23. The molecule has 7 heteroatoms. The van der Waals surface area contributed by atoms with Crippen molar-refractivity contribution in [2.45, 2.75) is 20.0 Å². The van der Waals surface area contributed by atoms with Crippen LogP contribution in [0.1, 0.15) is 33.7 Å². The number of amides is 1. The summed E-state index contributed by atoms with van der Waals surface area (Å²) in [6.07, 6.45) is -1.16. The summed E-state index contributed by atoms with van der Waals surface area (Å²) in [5.41, 5.74) is 0.525. The molecule has 0 bridgehead atoms. The molecule has 0 aliphatic heterocycles. The van der Waals surface area contributed by atoms with Crippen molar-refractivity contribution in [1.29, 1.82) is 0 Å². The first kappa shape index (κ1) is 16.5. The first-order valence-corrected chi connectivity index (χ1v) is 7.59. The Morgan fingerprint density at radius 2 is 1.84 bits per heavy atom. The maximum Gasteiger partial charge on any atom is 0.375 e. The number of esters is 1. The van der Waals surface area contributed by atoms with E-state index in [2.05, 4.69) is 10.5 Å². The van der Waals surface area contributed by atoms with E-state index in [1.807, 2.05) is 0 Å². The average molecular weight is 340 g/mol. The maximum atomic E-state index is 12.6. The molecule has 2 heterocycles.